The summed E-state index contributed by atoms with van der Waals surface area (Å²) < 4.78 is 13.3. The molecule has 29 heavy (non-hydrogen) atoms. The van der Waals surface area contributed by atoms with Crippen molar-refractivity contribution in [3.8, 4) is 0 Å². The van der Waals surface area contributed by atoms with E-state index in [1.165, 1.54) is 12.1 Å². The molecule has 0 saturated carbocycles. The first-order valence-corrected chi connectivity index (χ1v) is 10.3. The number of nitrogens with zero attached hydrogens (tertiary/aromatic N) is 2. The molecular weight excluding hydrogens is 369 g/mol. The van der Waals surface area contributed by atoms with Crippen LogP contribution in [0.3, 0.4) is 0 Å². The van der Waals surface area contributed by atoms with Crippen molar-refractivity contribution in [3.05, 3.63) is 66.0 Å². The van der Waals surface area contributed by atoms with Crippen LogP contribution in [0.5, 0.6) is 0 Å². The Balaban J connectivity index is 1.41. The summed E-state index contributed by atoms with van der Waals surface area (Å²) in [6.45, 7) is 1.81. The van der Waals surface area contributed by atoms with Crippen LogP contribution in [-0.4, -0.2) is 41.4 Å². The van der Waals surface area contributed by atoms with Crippen LogP contribution >= 0.6 is 0 Å². The molecule has 2 fully saturated rings. The lowest BCUT2D eigenvalue weighted by atomic mass is 9.95. The number of urea groups is 1. The molecule has 0 aromatic heterocycles. The second kappa shape index (κ2) is 8.64. The lowest BCUT2D eigenvalue weighted by Gasteiger charge is -2.35. The first kappa shape index (κ1) is 19.4. The van der Waals surface area contributed by atoms with Gasteiger partial charge in [0, 0.05) is 25.3 Å². The lowest BCUT2D eigenvalue weighted by molar-refractivity contribution is -0.137. The van der Waals surface area contributed by atoms with Gasteiger partial charge in [-0.3, -0.25) is 4.79 Å². The van der Waals surface area contributed by atoms with E-state index in [0.29, 0.717) is 19.6 Å². The van der Waals surface area contributed by atoms with Crippen molar-refractivity contribution in [2.24, 2.45) is 5.92 Å². The minimum atomic E-state index is -0.267. The van der Waals surface area contributed by atoms with Gasteiger partial charge in [0.05, 0.1) is 12.0 Å². The molecule has 6 heteroatoms. The number of benzene rings is 2. The summed E-state index contributed by atoms with van der Waals surface area (Å²) in [5, 5.41) is 2.91. The molecule has 2 aromatic rings. The Kier molecular flexibility index (Phi) is 5.79. The Morgan fingerprint density at radius 1 is 0.931 bits per heavy atom. The average Bonchev–Trinajstić information content (AvgIpc) is 3.24. The number of anilines is 1. The van der Waals surface area contributed by atoms with Gasteiger partial charge in [-0.15, -0.1) is 0 Å². The molecule has 0 radical (unpaired) electrons. The zero-order valence-electron chi connectivity index (χ0n) is 16.4. The van der Waals surface area contributed by atoms with Crippen LogP contribution < -0.4 is 5.32 Å². The Labute approximate surface area is 170 Å². The number of carbonyl (C=O) groups is 2. The van der Waals surface area contributed by atoms with Crippen LogP contribution in [0.4, 0.5) is 14.9 Å². The van der Waals surface area contributed by atoms with Crippen LogP contribution in [0, 0.1) is 11.7 Å². The fourth-order valence-corrected chi connectivity index (χ4v) is 4.38. The molecule has 2 aliphatic rings. The zero-order chi connectivity index (χ0) is 20.2. The van der Waals surface area contributed by atoms with E-state index in [-0.39, 0.29) is 29.7 Å². The molecule has 5 nitrogen and oxygen atoms in total. The lowest BCUT2D eigenvalue weighted by Crippen LogP contribution is -2.47. The van der Waals surface area contributed by atoms with Crippen molar-refractivity contribution in [1.29, 1.82) is 0 Å². The predicted octanol–water partition coefficient (Wildman–Crippen LogP) is 4.43. The third kappa shape index (κ3) is 4.42. The number of carbonyl (C=O) groups excluding carboxylic acids is 2. The summed E-state index contributed by atoms with van der Waals surface area (Å²) in [5.74, 6) is -0.350. The maximum atomic E-state index is 13.3. The largest absolute Gasteiger partial charge is 0.335 e. The fourth-order valence-electron chi connectivity index (χ4n) is 4.38. The van der Waals surface area contributed by atoms with Gasteiger partial charge < -0.3 is 15.1 Å². The highest BCUT2D eigenvalue weighted by Gasteiger charge is 2.36. The molecule has 0 spiro atoms. The molecule has 2 heterocycles. The van der Waals surface area contributed by atoms with E-state index in [4.69, 9.17) is 0 Å². The van der Waals surface area contributed by atoms with E-state index < -0.39 is 0 Å². The minimum absolute atomic E-state index is 0.00313. The highest BCUT2D eigenvalue weighted by atomic mass is 19.1. The molecule has 2 aromatic carbocycles. The number of amides is 3. The predicted molar refractivity (Wildman–Crippen MR) is 110 cm³/mol. The zero-order valence-corrected chi connectivity index (χ0v) is 16.4. The quantitative estimate of drug-likeness (QED) is 0.836. The second-order valence-corrected chi connectivity index (χ2v) is 7.82. The van der Waals surface area contributed by atoms with Gasteiger partial charge >= 0.3 is 6.03 Å². The summed E-state index contributed by atoms with van der Waals surface area (Å²) in [6, 6.07) is 15.6. The van der Waals surface area contributed by atoms with Crippen molar-refractivity contribution in [3.63, 3.8) is 0 Å². The van der Waals surface area contributed by atoms with Gasteiger partial charge in [-0.2, -0.15) is 0 Å². The number of halogens is 1. The summed E-state index contributed by atoms with van der Waals surface area (Å²) >= 11 is 0. The van der Waals surface area contributed by atoms with Crippen molar-refractivity contribution in [1.82, 2.24) is 9.80 Å². The maximum absolute atomic E-state index is 13.3. The van der Waals surface area contributed by atoms with Crippen molar-refractivity contribution in [2.75, 3.05) is 25.0 Å². The van der Waals surface area contributed by atoms with Gasteiger partial charge in [-0.25, -0.2) is 9.18 Å². The number of hydrogen-bond acceptors (Lipinski definition) is 2. The normalized spacial score (nSPS) is 21.8. The van der Waals surface area contributed by atoms with E-state index in [1.54, 1.807) is 17.0 Å². The van der Waals surface area contributed by atoms with E-state index in [9.17, 15) is 14.0 Å². The molecule has 1 N–H and O–H groups in total. The Bertz CT molecular complexity index is 856. The number of hydrogen-bond donors (Lipinski definition) is 1. The van der Waals surface area contributed by atoms with Gasteiger partial charge in [0.15, 0.2) is 0 Å². The first-order valence-electron chi connectivity index (χ1n) is 10.3. The summed E-state index contributed by atoms with van der Waals surface area (Å²) in [6.07, 6.45) is 3.44. The standard InChI is InChI=1S/C23H26FN3O2/c24-19-12-10-17(11-13-19)21-9-5-15-27(21)22(28)18-6-4-14-26(16-18)23(29)25-20-7-2-1-3-8-20/h1-3,7-8,10-13,18,21H,4-6,9,14-16H2,(H,25,29). The molecule has 2 aliphatic heterocycles. The highest BCUT2D eigenvalue weighted by molar-refractivity contribution is 5.90. The van der Waals surface area contributed by atoms with E-state index in [1.807, 2.05) is 35.2 Å². The van der Waals surface area contributed by atoms with Gasteiger partial charge in [0.2, 0.25) is 5.91 Å². The van der Waals surface area contributed by atoms with Crippen molar-refractivity contribution in [2.45, 2.75) is 31.7 Å². The third-order valence-electron chi connectivity index (χ3n) is 5.87. The number of likely N-dealkylation sites (tertiary alicyclic amines) is 2. The Morgan fingerprint density at radius 2 is 1.66 bits per heavy atom. The molecule has 2 unspecified atom stereocenters. The number of nitrogens with one attached hydrogen (secondary N) is 1. The fraction of sp³-hybridized carbons (Fsp3) is 0.391. The Hall–Kier alpha value is -2.89. The first-order chi connectivity index (χ1) is 14.1. The van der Waals surface area contributed by atoms with Crippen LogP contribution in [0.25, 0.3) is 0 Å². The monoisotopic (exact) mass is 395 g/mol. The van der Waals surface area contributed by atoms with E-state index >= 15 is 0 Å². The number of para-hydroxylation sites is 1. The summed E-state index contributed by atoms with van der Waals surface area (Å²) in [7, 11) is 0. The van der Waals surface area contributed by atoms with E-state index in [0.717, 1.165) is 36.9 Å². The average molecular weight is 395 g/mol. The van der Waals surface area contributed by atoms with Crippen LogP contribution in [0.15, 0.2) is 54.6 Å². The Morgan fingerprint density at radius 3 is 2.41 bits per heavy atom. The van der Waals surface area contributed by atoms with Crippen LogP contribution in [0.1, 0.15) is 37.3 Å². The highest BCUT2D eigenvalue weighted by Crippen LogP contribution is 2.34. The van der Waals surface area contributed by atoms with Gasteiger partial charge in [-0.05, 0) is 55.5 Å². The van der Waals surface area contributed by atoms with Gasteiger partial charge in [0.1, 0.15) is 5.82 Å². The maximum Gasteiger partial charge on any atom is 0.321 e. The number of piperidine rings is 1. The third-order valence-corrected chi connectivity index (χ3v) is 5.87. The van der Waals surface area contributed by atoms with E-state index in [2.05, 4.69) is 5.32 Å². The topological polar surface area (TPSA) is 52.7 Å². The molecular formula is C23H26FN3O2. The van der Waals surface area contributed by atoms with Crippen molar-refractivity contribution >= 4 is 17.6 Å². The minimum Gasteiger partial charge on any atom is -0.335 e. The SMILES string of the molecule is O=C(Nc1ccccc1)N1CCCC(C(=O)N2CCCC2c2ccc(F)cc2)C1. The molecule has 0 bridgehead atoms. The molecule has 3 amide bonds. The smallest absolute Gasteiger partial charge is 0.321 e. The molecule has 2 saturated heterocycles. The second-order valence-electron chi connectivity index (χ2n) is 7.82. The molecule has 2 atom stereocenters. The molecule has 152 valence electrons. The van der Waals surface area contributed by atoms with Crippen LogP contribution in [0.2, 0.25) is 0 Å². The van der Waals surface area contributed by atoms with Gasteiger partial charge in [-0.1, -0.05) is 30.3 Å². The van der Waals surface area contributed by atoms with Crippen molar-refractivity contribution < 1.29 is 14.0 Å². The molecule has 0 aliphatic carbocycles. The van der Waals surface area contributed by atoms with Crippen LogP contribution in [-0.2, 0) is 4.79 Å². The van der Waals surface area contributed by atoms with Gasteiger partial charge in [0.25, 0.3) is 0 Å². The summed E-state index contributed by atoms with van der Waals surface area (Å²) in [4.78, 5) is 29.6. The molecule has 4 rings (SSSR count). The summed E-state index contributed by atoms with van der Waals surface area (Å²) in [5.41, 5.74) is 1.73. The number of rotatable bonds is 3.